The molecule has 0 radical (unpaired) electrons. The van der Waals surface area contributed by atoms with Crippen LogP contribution < -0.4 is 14.4 Å². The highest BCUT2D eigenvalue weighted by molar-refractivity contribution is 9.09. The van der Waals surface area contributed by atoms with Crippen molar-refractivity contribution in [3.63, 3.8) is 0 Å². The molecule has 12 heteroatoms. The fourth-order valence-electron chi connectivity index (χ4n) is 8.59. The van der Waals surface area contributed by atoms with Crippen molar-refractivity contribution in [3.05, 3.63) is 70.3 Å². The van der Waals surface area contributed by atoms with Crippen molar-refractivity contribution >= 4 is 72.7 Å². The van der Waals surface area contributed by atoms with Gasteiger partial charge in [0, 0.05) is 34.4 Å². The van der Waals surface area contributed by atoms with Gasteiger partial charge in [-0.1, -0.05) is 52.7 Å². The van der Waals surface area contributed by atoms with Crippen molar-refractivity contribution in [1.82, 2.24) is 4.72 Å². The number of sulfonamides is 1. The minimum absolute atomic E-state index is 0.0302. The quantitative estimate of drug-likeness (QED) is 0.229. The zero-order valence-corrected chi connectivity index (χ0v) is 35.0. The van der Waals surface area contributed by atoms with Crippen LogP contribution in [0.4, 0.5) is 5.69 Å². The highest BCUT2D eigenvalue weighted by atomic mass is 79.9. The van der Waals surface area contributed by atoms with Crippen molar-refractivity contribution in [3.8, 4) is 5.75 Å². The number of aliphatic hydroxyl groups is 1. The van der Waals surface area contributed by atoms with Gasteiger partial charge in [0.15, 0.2) is 0 Å². The van der Waals surface area contributed by atoms with Gasteiger partial charge >= 0.3 is 0 Å². The SMILES string of the molecule is BrCC1CC1.C[C@@H]1[C@@H](C)C/C=C/[C@](O)(C2SCCCS2)[C@@H]2CC[C@H]2CN2C[C@@]3(CCCc4cc(Cl)ccc43)COc3ccc(cc32)C(=O)NS1(=O)=O. The Bertz CT molecular complexity index is 1770. The summed E-state index contributed by atoms with van der Waals surface area (Å²) in [7, 11) is -3.95. The molecule has 6 atom stereocenters. The number of halogens is 2. The Labute approximate surface area is 332 Å². The molecule has 52 heavy (non-hydrogen) atoms. The molecule has 1 amide bonds. The minimum atomic E-state index is -3.95. The van der Waals surface area contributed by atoms with E-state index in [-0.39, 0.29) is 33.3 Å². The van der Waals surface area contributed by atoms with E-state index in [0.29, 0.717) is 31.9 Å². The first kappa shape index (κ1) is 38.9. The molecule has 1 saturated heterocycles. The van der Waals surface area contributed by atoms with Crippen molar-refractivity contribution < 1.29 is 23.1 Å². The number of alkyl halides is 1. The summed E-state index contributed by atoms with van der Waals surface area (Å²) < 4.78 is 35.9. The number of nitrogens with one attached hydrogen (secondary N) is 1. The van der Waals surface area contributed by atoms with Gasteiger partial charge in [0.25, 0.3) is 5.91 Å². The van der Waals surface area contributed by atoms with Gasteiger partial charge in [-0.05, 0) is 141 Å². The largest absolute Gasteiger partial charge is 0.490 e. The number of carbonyl (C=O) groups is 1. The fourth-order valence-corrected chi connectivity index (χ4v) is 14.0. The molecule has 3 fully saturated rings. The zero-order valence-electron chi connectivity index (χ0n) is 30.2. The first-order chi connectivity index (χ1) is 24.9. The second-order valence-corrected chi connectivity index (χ2v) is 21.8. The molecule has 0 unspecified atom stereocenters. The second kappa shape index (κ2) is 16.0. The van der Waals surface area contributed by atoms with Gasteiger partial charge in [0.2, 0.25) is 10.0 Å². The number of rotatable bonds is 2. The summed E-state index contributed by atoms with van der Waals surface area (Å²) in [6.07, 6.45) is 13.5. The molecule has 0 aromatic heterocycles. The maximum Gasteiger partial charge on any atom is 0.264 e. The first-order valence-corrected chi connectivity index (χ1v) is 24.1. The van der Waals surface area contributed by atoms with Crippen LogP contribution in [0.2, 0.25) is 5.02 Å². The summed E-state index contributed by atoms with van der Waals surface area (Å²) in [4.78, 5) is 15.9. The number of hydrogen-bond acceptors (Lipinski definition) is 8. The number of hydrogen-bond donors (Lipinski definition) is 2. The van der Waals surface area contributed by atoms with E-state index in [1.807, 2.05) is 54.7 Å². The third kappa shape index (κ3) is 8.11. The molecule has 2 aromatic rings. The lowest BCUT2D eigenvalue weighted by molar-refractivity contribution is -0.0333. The Morgan fingerprint density at radius 3 is 2.56 bits per heavy atom. The Kier molecular flexibility index (Phi) is 12.0. The van der Waals surface area contributed by atoms with Gasteiger partial charge in [-0.15, -0.1) is 23.5 Å². The molecule has 2 saturated carbocycles. The molecule has 3 aliphatic heterocycles. The molecular weight excluding hydrogens is 800 g/mol. The lowest BCUT2D eigenvalue weighted by Gasteiger charge is -2.51. The van der Waals surface area contributed by atoms with Gasteiger partial charge in [0.05, 0.1) is 22.1 Å². The van der Waals surface area contributed by atoms with Crippen molar-refractivity contribution in [1.29, 1.82) is 0 Å². The van der Waals surface area contributed by atoms with E-state index < -0.39 is 26.8 Å². The van der Waals surface area contributed by atoms with E-state index in [4.69, 9.17) is 16.3 Å². The third-order valence-corrected chi connectivity index (χ3v) is 18.6. The lowest BCUT2D eigenvalue weighted by Crippen LogP contribution is -2.55. The number of carbonyl (C=O) groups excluding carboxylic acids is 1. The average Bonchev–Trinajstić information content (AvgIpc) is 3.98. The van der Waals surface area contributed by atoms with Crippen LogP contribution >= 0.6 is 51.1 Å². The number of fused-ring (bicyclic) bond motifs is 4. The van der Waals surface area contributed by atoms with Crippen LogP contribution in [0.1, 0.15) is 86.7 Å². The number of allylic oxidation sites excluding steroid dienone is 1. The van der Waals surface area contributed by atoms with E-state index in [0.717, 1.165) is 66.7 Å². The predicted octanol–water partition coefficient (Wildman–Crippen LogP) is 8.60. The highest BCUT2D eigenvalue weighted by Gasteiger charge is 2.52. The number of benzene rings is 2. The number of thioether (sulfide) groups is 2. The molecule has 3 heterocycles. The van der Waals surface area contributed by atoms with Crippen molar-refractivity contribution in [2.45, 2.75) is 92.5 Å². The Balaban J connectivity index is 0.000000776. The number of anilines is 1. The molecule has 2 bridgehead atoms. The summed E-state index contributed by atoms with van der Waals surface area (Å²) in [5, 5.41) is 13.8. The van der Waals surface area contributed by atoms with E-state index in [1.54, 1.807) is 19.1 Å². The summed E-state index contributed by atoms with van der Waals surface area (Å²) >= 11 is 13.5. The third-order valence-electron chi connectivity index (χ3n) is 12.3. The molecule has 2 aromatic carbocycles. The molecular formula is C40H52BrClN2O5S3. The van der Waals surface area contributed by atoms with Crippen molar-refractivity contribution in [2.75, 3.05) is 41.4 Å². The predicted molar refractivity (Wildman–Crippen MR) is 220 cm³/mol. The standard InChI is InChI=1S/C36H45ClN2O5S3.C4H7Br/c1-23-6-3-15-36(41,34-45-16-5-17-46-34)30-11-8-27(30)20-39-21-35(14-4-7-25-18-28(37)10-12-29(25)35)22-44-32-13-9-26(19-31(32)39)33(40)38-47(42,43)24(23)2;5-3-4-1-2-4/h3,9-10,12-13,15,18-19,23-24,27,30,34,41H,4-8,11,14,16-17,20-22H2,1-2H3,(H,38,40);4H,1-3H2/b15-3+;/t23-,24+,27-,30+,35-,36+;/m0./s1. The normalized spacial score (nSPS) is 33.9. The molecule has 284 valence electrons. The van der Waals surface area contributed by atoms with Crippen LogP contribution in [0.25, 0.3) is 0 Å². The molecule has 1 spiro atoms. The molecule has 3 aliphatic carbocycles. The summed E-state index contributed by atoms with van der Waals surface area (Å²) in [6.45, 7) is 5.44. The van der Waals surface area contributed by atoms with Gasteiger partial charge in [-0.25, -0.2) is 13.1 Å². The maximum atomic E-state index is 13.5. The van der Waals surface area contributed by atoms with Crippen LogP contribution in [0.15, 0.2) is 48.6 Å². The van der Waals surface area contributed by atoms with Crippen LogP contribution in [0.3, 0.4) is 0 Å². The summed E-state index contributed by atoms with van der Waals surface area (Å²) in [6, 6.07) is 11.5. The second-order valence-electron chi connectivity index (χ2n) is 15.9. The monoisotopic (exact) mass is 850 g/mol. The van der Waals surface area contributed by atoms with Crippen LogP contribution in [0.5, 0.6) is 5.75 Å². The molecule has 7 nitrogen and oxygen atoms in total. The fraction of sp³-hybridized carbons (Fsp3) is 0.625. The van der Waals surface area contributed by atoms with Gasteiger partial charge in [0.1, 0.15) is 11.4 Å². The van der Waals surface area contributed by atoms with Crippen molar-refractivity contribution in [2.24, 2.45) is 23.7 Å². The lowest BCUT2D eigenvalue weighted by atomic mass is 9.64. The Hall–Kier alpha value is -1.37. The maximum absolute atomic E-state index is 13.5. The number of ether oxygens (including phenoxy) is 1. The summed E-state index contributed by atoms with van der Waals surface area (Å²) in [5.74, 6) is 3.23. The number of nitrogens with zero attached hydrogens (tertiary/aromatic N) is 1. The van der Waals surface area contributed by atoms with E-state index in [9.17, 15) is 18.3 Å². The van der Waals surface area contributed by atoms with Crippen LogP contribution in [0, 0.1) is 23.7 Å². The van der Waals surface area contributed by atoms with Crippen LogP contribution in [-0.2, 0) is 21.9 Å². The van der Waals surface area contributed by atoms with E-state index >= 15 is 0 Å². The summed E-state index contributed by atoms with van der Waals surface area (Å²) in [5.41, 5.74) is 2.32. The Morgan fingerprint density at radius 2 is 1.87 bits per heavy atom. The van der Waals surface area contributed by atoms with E-state index in [2.05, 4.69) is 37.7 Å². The highest BCUT2D eigenvalue weighted by Crippen LogP contribution is 2.53. The molecule has 8 rings (SSSR count). The zero-order chi connectivity index (χ0) is 36.7. The number of aryl methyl sites for hydroxylation is 1. The smallest absolute Gasteiger partial charge is 0.264 e. The van der Waals surface area contributed by atoms with Crippen LogP contribution in [-0.4, -0.2) is 71.4 Å². The van der Waals surface area contributed by atoms with Gasteiger partial charge < -0.3 is 14.7 Å². The van der Waals surface area contributed by atoms with Gasteiger partial charge in [-0.2, -0.15) is 0 Å². The molecule has 2 N–H and O–H groups in total. The Morgan fingerprint density at radius 1 is 1.08 bits per heavy atom. The van der Waals surface area contributed by atoms with Gasteiger partial charge in [-0.3, -0.25) is 4.79 Å². The molecule has 6 aliphatic rings. The topological polar surface area (TPSA) is 95.9 Å². The first-order valence-electron chi connectivity index (χ1n) is 19.0. The minimum Gasteiger partial charge on any atom is -0.490 e. The van der Waals surface area contributed by atoms with E-state index in [1.165, 1.54) is 29.3 Å². The average molecular weight is 852 g/mol. The number of amides is 1.